The molecule has 0 saturated heterocycles. The number of nitrogens with two attached hydrogens (primary N) is 1. The molecule has 0 aliphatic heterocycles. The molecule has 1 heterocycles. The Labute approximate surface area is 119 Å². The van der Waals surface area contributed by atoms with Crippen molar-refractivity contribution in [2.75, 3.05) is 0 Å². The lowest BCUT2D eigenvalue weighted by Crippen LogP contribution is -2.24. The van der Waals surface area contributed by atoms with E-state index in [0.29, 0.717) is 12.5 Å². The zero-order chi connectivity index (χ0) is 14.7. The van der Waals surface area contributed by atoms with Gasteiger partial charge in [-0.15, -0.1) is 0 Å². The van der Waals surface area contributed by atoms with Crippen LogP contribution in [-0.2, 0) is 6.54 Å². The largest absolute Gasteiger partial charge is 0.324 e. The molecular weight excluding hydrogens is 250 g/mol. The van der Waals surface area contributed by atoms with Crippen molar-refractivity contribution in [3.8, 4) is 11.3 Å². The molecule has 106 valence electrons. The second-order valence-electron chi connectivity index (χ2n) is 5.54. The van der Waals surface area contributed by atoms with E-state index in [1.807, 2.05) is 31.2 Å². The molecule has 1 unspecified atom stereocenters. The SMILES string of the molecule is CC(C)Cn1nc(-c2ccc(C(C)N)cc2)ccc1=O. The van der Waals surface area contributed by atoms with Crippen molar-refractivity contribution in [3.63, 3.8) is 0 Å². The highest BCUT2D eigenvalue weighted by Gasteiger charge is 2.06. The highest BCUT2D eigenvalue weighted by molar-refractivity contribution is 5.58. The van der Waals surface area contributed by atoms with Crippen molar-refractivity contribution in [2.45, 2.75) is 33.4 Å². The minimum atomic E-state index is -0.0605. The quantitative estimate of drug-likeness (QED) is 0.929. The summed E-state index contributed by atoms with van der Waals surface area (Å²) in [7, 11) is 0. The Bertz CT molecular complexity index is 627. The van der Waals surface area contributed by atoms with E-state index in [2.05, 4.69) is 18.9 Å². The summed E-state index contributed by atoms with van der Waals surface area (Å²) >= 11 is 0. The van der Waals surface area contributed by atoms with Gasteiger partial charge in [0.2, 0.25) is 0 Å². The smallest absolute Gasteiger partial charge is 0.266 e. The predicted molar refractivity (Wildman–Crippen MR) is 81.4 cm³/mol. The molecule has 20 heavy (non-hydrogen) atoms. The molecule has 0 fully saturated rings. The number of rotatable bonds is 4. The van der Waals surface area contributed by atoms with Crippen LogP contribution in [-0.4, -0.2) is 9.78 Å². The standard InChI is InChI=1S/C16H21N3O/c1-11(2)10-19-16(20)9-8-15(18-19)14-6-4-13(5-7-14)12(3)17/h4-9,11-12H,10,17H2,1-3H3. The Kier molecular flexibility index (Phi) is 4.35. The molecule has 0 aliphatic rings. The Morgan fingerprint density at radius 1 is 1.10 bits per heavy atom. The van der Waals surface area contributed by atoms with Gasteiger partial charge in [0.25, 0.3) is 5.56 Å². The molecule has 1 aromatic carbocycles. The van der Waals surface area contributed by atoms with Crippen molar-refractivity contribution in [2.24, 2.45) is 11.7 Å². The molecule has 1 atom stereocenters. The van der Waals surface area contributed by atoms with Gasteiger partial charge < -0.3 is 5.73 Å². The molecule has 2 aromatic rings. The molecule has 4 heteroatoms. The first kappa shape index (κ1) is 14.5. The summed E-state index contributed by atoms with van der Waals surface area (Å²) in [5.74, 6) is 0.385. The average molecular weight is 271 g/mol. The lowest BCUT2D eigenvalue weighted by atomic mass is 10.1. The monoisotopic (exact) mass is 271 g/mol. The Morgan fingerprint density at radius 3 is 2.30 bits per heavy atom. The molecular formula is C16H21N3O. The number of hydrogen-bond acceptors (Lipinski definition) is 3. The summed E-state index contributed by atoms with van der Waals surface area (Å²) in [6.45, 7) is 6.72. The summed E-state index contributed by atoms with van der Waals surface area (Å²) < 4.78 is 1.53. The van der Waals surface area contributed by atoms with Gasteiger partial charge in [-0.1, -0.05) is 38.1 Å². The van der Waals surface area contributed by atoms with E-state index in [0.717, 1.165) is 16.8 Å². The molecule has 2 N–H and O–H groups in total. The maximum atomic E-state index is 11.8. The Morgan fingerprint density at radius 2 is 1.75 bits per heavy atom. The first-order chi connectivity index (χ1) is 9.47. The zero-order valence-corrected chi connectivity index (χ0v) is 12.2. The molecule has 0 spiro atoms. The summed E-state index contributed by atoms with van der Waals surface area (Å²) in [5, 5.41) is 4.43. The molecule has 1 aromatic heterocycles. The van der Waals surface area contributed by atoms with E-state index in [-0.39, 0.29) is 11.6 Å². The van der Waals surface area contributed by atoms with Crippen molar-refractivity contribution in [3.05, 3.63) is 52.3 Å². The maximum Gasteiger partial charge on any atom is 0.266 e. The van der Waals surface area contributed by atoms with Gasteiger partial charge in [0, 0.05) is 24.2 Å². The molecule has 0 radical (unpaired) electrons. The third-order valence-corrected chi connectivity index (χ3v) is 3.14. The second-order valence-corrected chi connectivity index (χ2v) is 5.54. The van der Waals surface area contributed by atoms with Gasteiger partial charge in [-0.25, -0.2) is 4.68 Å². The van der Waals surface area contributed by atoms with Crippen LogP contribution < -0.4 is 11.3 Å². The van der Waals surface area contributed by atoms with Crippen LogP contribution in [0.5, 0.6) is 0 Å². The van der Waals surface area contributed by atoms with Crippen LogP contribution in [0.1, 0.15) is 32.4 Å². The third kappa shape index (κ3) is 3.33. The highest BCUT2D eigenvalue weighted by Crippen LogP contribution is 2.18. The number of aromatic nitrogens is 2. The van der Waals surface area contributed by atoms with Gasteiger partial charge in [0.15, 0.2) is 0 Å². The van der Waals surface area contributed by atoms with E-state index < -0.39 is 0 Å². The van der Waals surface area contributed by atoms with Gasteiger partial charge in [-0.2, -0.15) is 5.10 Å². The second kappa shape index (κ2) is 6.01. The van der Waals surface area contributed by atoms with E-state index in [1.54, 1.807) is 12.1 Å². The third-order valence-electron chi connectivity index (χ3n) is 3.14. The van der Waals surface area contributed by atoms with Crippen molar-refractivity contribution in [1.29, 1.82) is 0 Å². The van der Waals surface area contributed by atoms with E-state index in [9.17, 15) is 4.79 Å². The van der Waals surface area contributed by atoms with Crippen LogP contribution in [0.2, 0.25) is 0 Å². The van der Waals surface area contributed by atoms with Crippen LogP contribution in [0.25, 0.3) is 11.3 Å². The summed E-state index contributed by atoms with van der Waals surface area (Å²) in [5.41, 5.74) is 8.67. The topological polar surface area (TPSA) is 60.9 Å². The maximum absolute atomic E-state index is 11.8. The van der Waals surface area contributed by atoms with Crippen LogP contribution in [0.3, 0.4) is 0 Å². The lowest BCUT2D eigenvalue weighted by Gasteiger charge is -2.10. The van der Waals surface area contributed by atoms with Crippen molar-refractivity contribution >= 4 is 0 Å². The fraction of sp³-hybridized carbons (Fsp3) is 0.375. The lowest BCUT2D eigenvalue weighted by molar-refractivity contribution is 0.465. The molecule has 0 aliphatic carbocycles. The normalized spacial score (nSPS) is 12.7. The summed E-state index contributed by atoms with van der Waals surface area (Å²) in [6, 6.07) is 11.3. The molecule has 0 saturated carbocycles. The minimum absolute atomic E-state index is 0.0203. The Balaban J connectivity index is 2.35. The van der Waals surface area contributed by atoms with Gasteiger partial charge >= 0.3 is 0 Å². The van der Waals surface area contributed by atoms with Crippen molar-refractivity contribution in [1.82, 2.24) is 9.78 Å². The number of hydrogen-bond donors (Lipinski definition) is 1. The van der Waals surface area contributed by atoms with Gasteiger partial charge in [0.1, 0.15) is 0 Å². The fourth-order valence-electron chi connectivity index (χ4n) is 2.04. The first-order valence-corrected chi connectivity index (χ1v) is 6.91. The first-order valence-electron chi connectivity index (χ1n) is 6.91. The van der Waals surface area contributed by atoms with Crippen LogP contribution in [0.15, 0.2) is 41.2 Å². The highest BCUT2D eigenvalue weighted by atomic mass is 16.1. The number of nitrogens with zero attached hydrogens (tertiary/aromatic N) is 2. The molecule has 0 amide bonds. The average Bonchev–Trinajstić information content (AvgIpc) is 2.41. The van der Waals surface area contributed by atoms with Crippen LogP contribution in [0, 0.1) is 5.92 Å². The van der Waals surface area contributed by atoms with E-state index in [1.165, 1.54) is 4.68 Å². The minimum Gasteiger partial charge on any atom is -0.324 e. The Hall–Kier alpha value is -1.94. The molecule has 2 rings (SSSR count). The molecule has 0 bridgehead atoms. The van der Waals surface area contributed by atoms with Gasteiger partial charge in [-0.05, 0) is 24.5 Å². The fourth-order valence-corrected chi connectivity index (χ4v) is 2.04. The summed E-state index contributed by atoms with van der Waals surface area (Å²) in [4.78, 5) is 11.8. The molecule has 4 nitrogen and oxygen atoms in total. The van der Waals surface area contributed by atoms with E-state index >= 15 is 0 Å². The number of benzene rings is 1. The summed E-state index contributed by atoms with van der Waals surface area (Å²) in [6.07, 6.45) is 0. The van der Waals surface area contributed by atoms with E-state index in [4.69, 9.17) is 5.73 Å². The van der Waals surface area contributed by atoms with Crippen LogP contribution in [0.4, 0.5) is 0 Å². The van der Waals surface area contributed by atoms with Crippen LogP contribution >= 0.6 is 0 Å². The van der Waals surface area contributed by atoms with Gasteiger partial charge in [0.05, 0.1) is 5.69 Å². The van der Waals surface area contributed by atoms with Crippen molar-refractivity contribution < 1.29 is 0 Å². The van der Waals surface area contributed by atoms with Gasteiger partial charge in [-0.3, -0.25) is 4.79 Å². The zero-order valence-electron chi connectivity index (χ0n) is 12.2. The predicted octanol–water partition coefficient (Wildman–Crippen LogP) is 2.59.